The first-order chi connectivity index (χ1) is 14.9. The highest BCUT2D eigenvalue weighted by Gasteiger charge is 2.10. The summed E-state index contributed by atoms with van der Waals surface area (Å²) in [5, 5.41) is 13.0. The fourth-order valence-electron chi connectivity index (χ4n) is 3.10. The number of carbonyl (C=O) groups is 2. The maximum Gasteiger partial charge on any atom is 0.335 e. The Labute approximate surface area is 180 Å². The van der Waals surface area contributed by atoms with Crippen molar-refractivity contribution in [3.63, 3.8) is 0 Å². The lowest BCUT2D eigenvalue weighted by Crippen LogP contribution is -2.24. The van der Waals surface area contributed by atoms with Crippen LogP contribution in [0.4, 0.5) is 0 Å². The highest BCUT2D eigenvalue weighted by molar-refractivity contribution is 5.89. The molecule has 0 fully saturated rings. The van der Waals surface area contributed by atoms with Gasteiger partial charge in [0.2, 0.25) is 0 Å². The van der Waals surface area contributed by atoms with Crippen LogP contribution in [0.25, 0.3) is 11.3 Å². The number of hydrogen-bond donors (Lipinski definition) is 2. The van der Waals surface area contributed by atoms with Crippen LogP contribution in [0, 0.1) is 13.8 Å². The summed E-state index contributed by atoms with van der Waals surface area (Å²) in [6, 6.07) is 14.2. The second-order valence-corrected chi connectivity index (χ2v) is 7.13. The smallest absolute Gasteiger partial charge is 0.335 e. The summed E-state index contributed by atoms with van der Waals surface area (Å²) in [7, 11) is 0. The van der Waals surface area contributed by atoms with E-state index >= 15 is 0 Å². The van der Waals surface area contributed by atoms with Crippen LogP contribution < -0.4 is 10.2 Å². The molecule has 7 heteroatoms. The minimum Gasteiger partial charge on any atom is -0.484 e. The number of amides is 1. The molecule has 1 amide bonds. The number of carbonyl (C=O) groups excluding carboxylic acids is 1. The monoisotopic (exact) mass is 420 g/mol. The Morgan fingerprint density at radius 1 is 1.13 bits per heavy atom. The molecule has 0 bridgehead atoms. The summed E-state index contributed by atoms with van der Waals surface area (Å²) in [6.45, 7) is 5.71. The van der Waals surface area contributed by atoms with E-state index in [0.717, 1.165) is 28.7 Å². The van der Waals surface area contributed by atoms with Crippen LogP contribution in [0.5, 0.6) is 5.75 Å². The Kier molecular flexibility index (Phi) is 6.87. The summed E-state index contributed by atoms with van der Waals surface area (Å²) >= 11 is 0. The zero-order chi connectivity index (χ0) is 22.4. The lowest BCUT2D eigenvalue weighted by Gasteiger charge is -2.08. The minimum atomic E-state index is -0.977. The van der Waals surface area contributed by atoms with E-state index in [1.165, 1.54) is 12.3 Å². The zero-order valence-electron chi connectivity index (χ0n) is 17.6. The lowest BCUT2D eigenvalue weighted by atomic mass is 10.0. The first-order valence-electron chi connectivity index (χ1n) is 9.85. The zero-order valence-corrected chi connectivity index (χ0v) is 17.6. The minimum absolute atomic E-state index is 0.150. The van der Waals surface area contributed by atoms with E-state index in [9.17, 15) is 9.59 Å². The number of carboxylic acids is 1. The third-order valence-electron chi connectivity index (χ3n) is 4.64. The van der Waals surface area contributed by atoms with Gasteiger partial charge in [0.1, 0.15) is 17.3 Å². The second-order valence-electron chi connectivity index (χ2n) is 7.13. The van der Waals surface area contributed by atoms with Crippen LogP contribution in [0.3, 0.4) is 0 Å². The van der Waals surface area contributed by atoms with Crippen molar-refractivity contribution in [2.24, 2.45) is 5.10 Å². The van der Waals surface area contributed by atoms with Crippen molar-refractivity contribution >= 4 is 18.1 Å². The molecule has 0 spiro atoms. The van der Waals surface area contributed by atoms with Crippen LogP contribution in [-0.2, 0) is 11.2 Å². The SMILES string of the molecule is CCc1cc(C)cc(OCC(=O)N/N=C/c2ccc(-c3ccc(C(=O)O)cc3C)o2)c1. The molecule has 0 aliphatic rings. The maximum atomic E-state index is 12.0. The third kappa shape index (κ3) is 5.82. The topological polar surface area (TPSA) is 101 Å². The molecule has 3 rings (SSSR count). The van der Waals surface area contributed by atoms with Gasteiger partial charge in [-0.2, -0.15) is 5.10 Å². The van der Waals surface area contributed by atoms with Gasteiger partial charge in [-0.15, -0.1) is 0 Å². The molecule has 1 aromatic heterocycles. The third-order valence-corrected chi connectivity index (χ3v) is 4.64. The van der Waals surface area contributed by atoms with Crippen molar-refractivity contribution < 1.29 is 23.8 Å². The van der Waals surface area contributed by atoms with E-state index in [1.54, 1.807) is 24.3 Å². The van der Waals surface area contributed by atoms with Crippen molar-refractivity contribution in [2.45, 2.75) is 27.2 Å². The molecule has 160 valence electrons. The summed E-state index contributed by atoms with van der Waals surface area (Å²) in [4.78, 5) is 23.0. The van der Waals surface area contributed by atoms with E-state index in [0.29, 0.717) is 17.3 Å². The molecule has 2 N–H and O–H groups in total. The molecule has 1 heterocycles. The molecule has 2 aromatic carbocycles. The number of carboxylic acid groups (broad SMARTS) is 1. The Morgan fingerprint density at radius 2 is 1.94 bits per heavy atom. The summed E-state index contributed by atoms with van der Waals surface area (Å²) in [6.07, 6.45) is 2.28. The van der Waals surface area contributed by atoms with Crippen LogP contribution in [-0.4, -0.2) is 29.8 Å². The molecule has 31 heavy (non-hydrogen) atoms. The number of benzene rings is 2. The number of hydrazone groups is 1. The molecule has 0 radical (unpaired) electrons. The molecule has 0 unspecified atom stereocenters. The van der Waals surface area contributed by atoms with Crippen LogP contribution >= 0.6 is 0 Å². The van der Waals surface area contributed by atoms with E-state index in [-0.39, 0.29) is 18.1 Å². The predicted octanol–water partition coefficient (Wildman–Crippen LogP) is 4.35. The van der Waals surface area contributed by atoms with Gasteiger partial charge >= 0.3 is 5.97 Å². The van der Waals surface area contributed by atoms with Crippen molar-refractivity contribution in [3.8, 4) is 17.1 Å². The first-order valence-corrected chi connectivity index (χ1v) is 9.85. The standard InChI is InChI=1S/C24H24N2O5/c1-4-17-9-15(2)10-20(12-17)30-14-23(27)26-25-13-19-6-8-22(31-19)21-7-5-18(24(28)29)11-16(21)3/h5-13H,4,14H2,1-3H3,(H,26,27)(H,28,29)/b25-13+. The highest BCUT2D eigenvalue weighted by Crippen LogP contribution is 2.26. The fourth-order valence-corrected chi connectivity index (χ4v) is 3.10. The molecular formula is C24H24N2O5. The number of rotatable bonds is 8. The van der Waals surface area contributed by atoms with E-state index < -0.39 is 5.97 Å². The molecule has 3 aromatic rings. The average molecular weight is 420 g/mol. The van der Waals surface area contributed by atoms with Crippen molar-refractivity contribution in [1.82, 2.24) is 5.43 Å². The molecule has 0 aliphatic heterocycles. The van der Waals surface area contributed by atoms with Gasteiger partial charge in [0.15, 0.2) is 6.61 Å². The molecule has 7 nitrogen and oxygen atoms in total. The summed E-state index contributed by atoms with van der Waals surface area (Å²) in [5.41, 5.74) is 6.42. The Morgan fingerprint density at radius 3 is 2.65 bits per heavy atom. The molecule has 0 saturated carbocycles. The fraction of sp³-hybridized carbons (Fsp3) is 0.208. The van der Waals surface area contributed by atoms with Gasteiger partial charge in [-0.3, -0.25) is 4.79 Å². The average Bonchev–Trinajstić information content (AvgIpc) is 3.20. The number of hydrogen-bond acceptors (Lipinski definition) is 5. The largest absolute Gasteiger partial charge is 0.484 e. The van der Waals surface area contributed by atoms with Crippen LogP contribution in [0.1, 0.15) is 39.7 Å². The number of furan rings is 1. The normalized spacial score (nSPS) is 10.9. The molecule has 0 atom stereocenters. The second kappa shape index (κ2) is 9.75. The summed E-state index contributed by atoms with van der Waals surface area (Å²) < 4.78 is 11.3. The number of aryl methyl sites for hydroxylation is 3. The van der Waals surface area contributed by atoms with Gasteiger partial charge in [-0.25, -0.2) is 10.2 Å². The first kappa shape index (κ1) is 21.8. The van der Waals surface area contributed by atoms with Gasteiger partial charge in [0.05, 0.1) is 11.8 Å². The maximum absolute atomic E-state index is 12.0. The van der Waals surface area contributed by atoms with E-state index in [4.69, 9.17) is 14.3 Å². The number of aromatic carboxylic acids is 1. The number of nitrogens with zero attached hydrogens (tertiary/aromatic N) is 1. The quantitative estimate of drug-likeness (QED) is 0.417. The molecule has 0 saturated heterocycles. The Hall–Kier alpha value is -3.87. The van der Waals surface area contributed by atoms with Crippen LogP contribution in [0.2, 0.25) is 0 Å². The van der Waals surface area contributed by atoms with Crippen molar-refractivity contribution in [3.05, 3.63) is 76.5 Å². The lowest BCUT2D eigenvalue weighted by molar-refractivity contribution is -0.123. The summed E-state index contributed by atoms with van der Waals surface area (Å²) in [5.74, 6) is 0.314. The van der Waals surface area contributed by atoms with E-state index in [1.807, 2.05) is 26.0 Å². The van der Waals surface area contributed by atoms with Gasteiger partial charge < -0.3 is 14.3 Å². The molecule has 0 aliphatic carbocycles. The van der Waals surface area contributed by atoms with Crippen LogP contribution in [0.15, 0.2) is 58.0 Å². The van der Waals surface area contributed by atoms with Gasteiger partial charge in [-0.05, 0) is 73.4 Å². The Balaban J connectivity index is 1.56. The van der Waals surface area contributed by atoms with E-state index in [2.05, 4.69) is 23.5 Å². The van der Waals surface area contributed by atoms with Crippen molar-refractivity contribution in [2.75, 3.05) is 6.61 Å². The Bertz CT molecular complexity index is 1130. The van der Waals surface area contributed by atoms with Crippen molar-refractivity contribution in [1.29, 1.82) is 0 Å². The van der Waals surface area contributed by atoms with Gasteiger partial charge in [0.25, 0.3) is 5.91 Å². The number of nitrogens with one attached hydrogen (secondary N) is 1. The molecular weight excluding hydrogens is 396 g/mol. The highest BCUT2D eigenvalue weighted by atomic mass is 16.5. The van der Waals surface area contributed by atoms with Gasteiger partial charge in [-0.1, -0.05) is 19.1 Å². The number of ether oxygens (including phenoxy) is 1. The predicted molar refractivity (Wildman–Crippen MR) is 118 cm³/mol. The van der Waals surface area contributed by atoms with Gasteiger partial charge in [0, 0.05) is 5.56 Å².